The lowest BCUT2D eigenvalue weighted by molar-refractivity contribution is -0.116. The fourth-order valence-electron chi connectivity index (χ4n) is 2.87. The van der Waals surface area contributed by atoms with Crippen LogP contribution in [-0.4, -0.2) is 20.7 Å². The Morgan fingerprint density at radius 2 is 1.93 bits per heavy atom. The number of anilines is 1. The van der Waals surface area contributed by atoms with Crippen LogP contribution in [0.1, 0.15) is 35.4 Å². The monoisotopic (exact) mass is 414 g/mol. The van der Waals surface area contributed by atoms with Crippen LogP contribution in [0.25, 0.3) is 11.0 Å². The molecule has 148 valence electrons. The summed E-state index contributed by atoms with van der Waals surface area (Å²) >= 11 is 6.01. The van der Waals surface area contributed by atoms with Gasteiger partial charge in [-0.2, -0.15) is 5.10 Å². The minimum absolute atomic E-state index is 0.0360. The molecule has 0 atom stereocenters. The van der Waals surface area contributed by atoms with Crippen molar-refractivity contribution in [3.63, 3.8) is 0 Å². The van der Waals surface area contributed by atoms with Crippen LogP contribution in [0.3, 0.4) is 0 Å². The van der Waals surface area contributed by atoms with Gasteiger partial charge in [-0.15, -0.1) is 0 Å². The van der Waals surface area contributed by atoms with Gasteiger partial charge in [-0.25, -0.2) is 27.2 Å². The normalized spacial score (nSPS) is 11.6. The molecule has 2 heterocycles. The molecule has 10 heteroatoms. The summed E-state index contributed by atoms with van der Waals surface area (Å²) < 4.78 is 53.9. The summed E-state index contributed by atoms with van der Waals surface area (Å²) in [5.41, 5.74) is -0.281. The Balaban J connectivity index is 1.99. The highest BCUT2D eigenvalue weighted by Gasteiger charge is 2.24. The molecule has 2 aromatic heterocycles. The topological polar surface area (TPSA) is 59.8 Å². The number of hydrogen-bond acceptors (Lipinski definition) is 3. The van der Waals surface area contributed by atoms with Crippen LogP contribution in [0.2, 0.25) is 5.02 Å². The molecule has 1 N–H and O–H groups in total. The van der Waals surface area contributed by atoms with Crippen molar-refractivity contribution >= 4 is 34.2 Å². The molecular formula is C18H15ClF4N4O. The molecule has 0 fully saturated rings. The summed E-state index contributed by atoms with van der Waals surface area (Å²) in [5.74, 6) is -0.530. The van der Waals surface area contributed by atoms with Crippen molar-refractivity contribution in [2.75, 3.05) is 5.32 Å². The average molecular weight is 415 g/mol. The Hall–Kier alpha value is -2.68. The van der Waals surface area contributed by atoms with E-state index >= 15 is 0 Å². The maximum Gasteiger partial charge on any atom is 0.280 e. The van der Waals surface area contributed by atoms with Crippen molar-refractivity contribution in [2.45, 2.75) is 33.2 Å². The number of benzene rings is 1. The van der Waals surface area contributed by atoms with Gasteiger partial charge < -0.3 is 5.32 Å². The lowest BCUT2D eigenvalue weighted by Gasteiger charge is -2.10. The number of rotatable bonds is 5. The summed E-state index contributed by atoms with van der Waals surface area (Å²) in [7, 11) is 0. The second-order valence-electron chi connectivity index (χ2n) is 6.14. The number of aryl methyl sites for hydroxylation is 1. The van der Waals surface area contributed by atoms with Crippen LogP contribution in [-0.2, 0) is 11.3 Å². The number of hydrogen-bond donors (Lipinski definition) is 1. The number of pyridine rings is 1. The number of nitrogens with one attached hydrogen (secondary N) is 1. The second-order valence-corrected chi connectivity index (χ2v) is 6.55. The van der Waals surface area contributed by atoms with E-state index in [0.717, 1.165) is 4.68 Å². The molecule has 3 aromatic rings. The number of amides is 1. The fraction of sp³-hybridized carbons (Fsp3) is 0.278. The van der Waals surface area contributed by atoms with E-state index in [0.29, 0.717) is 22.3 Å². The highest BCUT2D eigenvalue weighted by molar-refractivity contribution is 6.31. The van der Waals surface area contributed by atoms with Gasteiger partial charge in [0.2, 0.25) is 5.91 Å². The predicted molar refractivity (Wildman–Crippen MR) is 97.0 cm³/mol. The van der Waals surface area contributed by atoms with E-state index in [-0.39, 0.29) is 16.7 Å². The summed E-state index contributed by atoms with van der Waals surface area (Å²) in [6, 6.07) is 5.64. The Morgan fingerprint density at radius 3 is 2.57 bits per heavy atom. The molecule has 1 aromatic carbocycles. The standard InChI is InChI=1S/C18H15ClF4N4O/c1-8-11(19)4-3-5-12(8)24-14(28)7-27-18-15(9(2)26-27)10(16(20)21)6-13(25-18)17(22)23/h3-6,16-17H,7H2,1-2H3,(H,24,28). The predicted octanol–water partition coefficient (Wildman–Crippen LogP) is 5.22. The van der Waals surface area contributed by atoms with E-state index < -0.39 is 36.6 Å². The van der Waals surface area contributed by atoms with Crippen LogP contribution >= 0.6 is 11.6 Å². The quantitative estimate of drug-likeness (QED) is 0.582. The van der Waals surface area contributed by atoms with Gasteiger partial charge >= 0.3 is 0 Å². The summed E-state index contributed by atoms with van der Waals surface area (Å²) in [4.78, 5) is 16.1. The third kappa shape index (κ3) is 3.80. The van der Waals surface area contributed by atoms with E-state index in [2.05, 4.69) is 15.4 Å². The fourth-order valence-corrected chi connectivity index (χ4v) is 3.04. The first-order valence-electron chi connectivity index (χ1n) is 8.18. The first-order valence-corrected chi connectivity index (χ1v) is 8.56. The highest BCUT2D eigenvalue weighted by atomic mass is 35.5. The Morgan fingerprint density at radius 1 is 1.21 bits per heavy atom. The third-order valence-electron chi connectivity index (χ3n) is 4.22. The number of halogens is 5. The van der Waals surface area contributed by atoms with Gasteiger partial charge in [-0.1, -0.05) is 17.7 Å². The van der Waals surface area contributed by atoms with Crippen molar-refractivity contribution in [1.82, 2.24) is 14.8 Å². The third-order valence-corrected chi connectivity index (χ3v) is 4.63. The smallest absolute Gasteiger partial charge is 0.280 e. The lowest BCUT2D eigenvalue weighted by Crippen LogP contribution is -2.20. The van der Waals surface area contributed by atoms with Crippen LogP contribution in [0, 0.1) is 13.8 Å². The van der Waals surface area contributed by atoms with E-state index in [1.54, 1.807) is 25.1 Å². The Kier molecular flexibility index (Phi) is 5.55. The summed E-state index contributed by atoms with van der Waals surface area (Å²) in [5, 5.41) is 7.11. The van der Waals surface area contributed by atoms with Gasteiger partial charge in [0.05, 0.1) is 11.1 Å². The molecule has 3 rings (SSSR count). The minimum atomic E-state index is -3.03. The number of carbonyl (C=O) groups is 1. The van der Waals surface area contributed by atoms with Crippen molar-refractivity contribution in [3.05, 3.63) is 51.8 Å². The molecule has 0 unspecified atom stereocenters. The van der Waals surface area contributed by atoms with E-state index in [9.17, 15) is 22.4 Å². The average Bonchev–Trinajstić information content (AvgIpc) is 2.93. The zero-order valence-electron chi connectivity index (χ0n) is 14.8. The van der Waals surface area contributed by atoms with Crippen LogP contribution in [0.15, 0.2) is 24.3 Å². The number of alkyl halides is 4. The molecule has 0 aliphatic rings. The number of aromatic nitrogens is 3. The van der Waals surface area contributed by atoms with E-state index in [4.69, 9.17) is 11.6 Å². The van der Waals surface area contributed by atoms with E-state index in [1.807, 2.05) is 0 Å². The van der Waals surface area contributed by atoms with Gasteiger partial charge in [0.1, 0.15) is 12.2 Å². The molecular weight excluding hydrogens is 400 g/mol. The van der Waals surface area contributed by atoms with Gasteiger partial charge in [0, 0.05) is 16.3 Å². The Bertz CT molecular complexity index is 1050. The van der Waals surface area contributed by atoms with Gasteiger partial charge in [0.25, 0.3) is 12.9 Å². The molecule has 0 spiro atoms. The highest BCUT2D eigenvalue weighted by Crippen LogP contribution is 2.32. The minimum Gasteiger partial charge on any atom is -0.324 e. The van der Waals surface area contributed by atoms with E-state index in [1.165, 1.54) is 6.92 Å². The second kappa shape index (κ2) is 7.75. The number of carbonyl (C=O) groups excluding carboxylic acids is 1. The lowest BCUT2D eigenvalue weighted by atomic mass is 10.1. The number of fused-ring (bicyclic) bond motifs is 1. The molecule has 28 heavy (non-hydrogen) atoms. The maximum atomic E-state index is 13.4. The molecule has 5 nitrogen and oxygen atoms in total. The maximum absolute atomic E-state index is 13.4. The molecule has 0 bridgehead atoms. The number of nitrogens with zero attached hydrogens (tertiary/aromatic N) is 3. The summed E-state index contributed by atoms with van der Waals surface area (Å²) in [6.07, 6.45) is -6.02. The van der Waals surface area contributed by atoms with Gasteiger partial charge in [0.15, 0.2) is 5.65 Å². The SMILES string of the molecule is Cc1c(Cl)cccc1NC(=O)Cn1nc(C)c2c(C(F)F)cc(C(F)F)nc21. The first-order chi connectivity index (χ1) is 13.2. The largest absolute Gasteiger partial charge is 0.324 e. The molecule has 0 aliphatic heterocycles. The molecule has 0 saturated carbocycles. The molecule has 0 saturated heterocycles. The zero-order chi connectivity index (χ0) is 20.6. The van der Waals surface area contributed by atoms with Crippen molar-refractivity contribution in [3.8, 4) is 0 Å². The molecule has 0 aliphatic carbocycles. The zero-order valence-corrected chi connectivity index (χ0v) is 15.6. The molecule has 1 amide bonds. The van der Waals surface area contributed by atoms with Crippen molar-refractivity contribution in [2.24, 2.45) is 0 Å². The summed E-state index contributed by atoms with van der Waals surface area (Å²) in [6.45, 7) is 2.78. The first kappa shape index (κ1) is 20.1. The van der Waals surface area contributed by atoms with Crippen LogP contribution in [0.5, 0.6) is 0 Å². The Labute approximate surface area is 162 Å². The van der Waals surface area contributed by atoms with Gasteiger partial charge in [-0.05, 0) is 37.6 Å². The van der Waals surface area contributed by atoms with Crippen molar-refractivity contribution in [1.29, 1.82) is 0 Å². The van der Waals surface area contributed by atoms with Crippen LogP contribution in [0.4, 0.5) is 23.2 Å². The molecule has 0 radical (unpaired) electrons. The van der Waals surface area contributed by atoms with Gasteiger partial charge in [-0.3, -0.25) is 4.79 Å². The van der Waals surface area contributed by atoms with Crippen LogP contribution < -0.4 is 5.32 Å². The van der Waals surface area contributed by atoms with Crippen molar-refractivity contribution < 1.29 is 22.4 Å².